The van der Waals surface area contributed by atoms with Crippen LogP contribution in [-0.4, -0.2) is 71.0 Å². The predicted octanol–water partition coefficient (Wildman–Crippen LogP) is 0.313. The van der Waals surface area contributed by atoms with Crippen molar-refractivity contribution in [2.24, 2.45) is 0 Å². The van der Waals surface area contributed by atoms with Gasteiger partial charge in [-0.2, -0.15) is 0 Å². The zero-order valence-corrected chi connectivity index (χ0v) is 20.1. The average molecular weight is 493 g/mol. The third-order valence-corrected chi connectivity index (χ3v) is 6.67. The van der Waals surface area contributed by atoms with Gasteiger partial charge in [-0.25, -0.2) is 0 Å². The van der Waals surface area contributed by atoms with Gasteiger partial charge in [-0.1, -0.05) is 60.7 Å². The van der Waals surface area contributed by atoms with Gasteiger partial charge in [-0.15, -0.1) is 0 Å². The van der Waals surface area contributed by atoms with Gasteiger partial charge in [-0.3, -0.25) is 19.2 Å². The first-order valence-electron chi connectivity index (χ1n) is 12.3. The van der Waals surface area contributed by atoms with Crippen molar-refractivity contribution in [2.45, 2.75) is 56.3 Å². The largest absolute Gasteiger partial charge is 0.394 e. The summed E-state index contributed by atoms with van der Waals surface area (Å²) in [5, 5.41) is 18.1. The van der Waals surface area contributed by atoms with Crippen molar-refractivity contribution in [2.75, 3.05) is 13.2 Å². The van der Waals surface area contributed by atoms with Gasteiger partial charge in [-0.05, 0) is 30.4 Å². The van der Waals surface area contributed by atoms with E-state index < -0.39 is 42.6 Å². The first-order valence-corrected chi connectivity index (χ1v) is 12.3. The van der Waals surface area contributed by atoms with Crippen LogP contribution in [0.15, 0.2) is 60.7 Å². The summed E-state index contributed by atoms with van der Waals surface area (Å²) in [5.74, 6) is -1.77. The van der Waals surface area contributed by atoms with Crippen LogP contribution in [0, 0.1) is 0 Å². The molecule has 4 amide bonds. The molecule has 9 nitrogen and oxygen atoms in total. The molecule has 4 atom stereocenters. The fraction of sp³-hybridized carbons (Fsp3) is 0.407. The molecule has 2 fully saturated rings. The molecule has 2 aromatic carbocycles. The van der Waals surface area contributed by atoms with Gasteiger partial charge in [0.05, 0.1) is 6.61 Å². The Balaban J connectivity index is 1.64. The normalized spacial score (nSPS) is 25.5. The highest BCUT2D eigenvalue weighted by molar-refractivity contribution is 5.95. The Hall–Kier alpha value is -3.72. The van der Waals surface area contributed by atoms with Crippen molar-refractivity contribution in [1.82, 2.24) is 20.9 Å². The number of hydrogen-bond donors (Lipinski definition) is 4. The Kier molecular flexibility index (Phi) is 8.32. The summed E-state index contributed by atoms with van der Waals surface area (Å²) in [6.45, 7) is -0.218. The summed E-state index contributed by atoms with van der Waals surface area (Å²) in [6, 6.07) is 15.4. The predicted molar refractivity (Wildman–Crippen MR) is 133 cm³/mol. The van der Waals surface area contributed by atoms with E-state index in [9.17, 15) is 24.3 Å². The monoisotopic (exact) mass is 492 g/mol. The molecule has 4 N–H and O–H groups in total. The molecule has 4 rings (SSSR count). The minimum Gasteiger partial charge on any atom is -0.394 e. The van der Waals surface area contributed by atoms with E-state index >= 15 is 0 Å². The maximum Gasteiger partial charge on any atom is 0.246 e. The second-order valence-electron chi connectivity index (χ2n) is 9.34. The van der Waals surface area contributed by atoms with E-state index in [1.165, 1.54) is 4.90 Å². The summed E-state index contributed by atoms with van der Waals surface area (Å²) in [7, 11) is 0. The lowest BCUT2D eigenvalue weighted by Crippen LogP contribution is -2.57. The van der Waals surface area contributed by atoms with Crippen molar-refractivity contribution in [3.05, 3.63) is 71.8 Å². The molecule has 9 heteroatoms. The van der Waals surface area contributed by atoms with Crippen molar-refractivity contribution >= 4 is 23.6 Å². The van der Waals surface area contributed by atoms with Crippen LogP contribution < -0.4 is 16.0 Å². The van der Waals surface area contributed by atoms with Gasteiger partial charge in [0.2, 0.25) is 23.6 Å². The Bertz CT molecular complexity index is 1080. The van der Waals surface area contributed by atoms with E-state index in [0.29, 0.717) is 25.8 Å². The Morgan fingerprint density at radius 1 is 0.778 bits per heavy atom. The number of carbonyl (C=O) groups is 4. The Morgan fingerprint density at radius 3 is 2.06 bits per heavy atom. The maximum atomic E-state index is 13.6. The van der Waals surface area contributed by atoms with Gasteiger partial charge in [0, 0.05) is 25.4 Å². The number of hydrogen-bond acceptors (Lipinski definition) is 5. The van der Waals surface area contributed by atoms with Gasteiger partial charge >= 0.3 is 0 Å². The molecule has 2 heterocycles. The van der Waals surface area contributed by atoms with Crippen LogP contribution in [0.25, 0.3) is 0 Å². The Labute approximate surface area is 210 Å². The zero-order chi connectivity index (χ0) is 25.5. The number of carbonyl (C=O) groups excluding carboxylic acids is 4. The van der Waals surface area contributed by atoms with E-state index in [1.807, 2.05) is 60.7 Å². The van der Waals surface area contributed by atoms with Crippen molar-refractivity contribution in [1.29, 1.82) is 0 Å². The second kappa shape index (κ2) is 11.8. The molecule has 0 aromatic heterocycles. The van der Waals surface area contributed by atoms with Crippen LogP contribution in [0.4, 0.5) is 0 Å². The average Bonchev–Trinajstić information content (AvgIpc) is 3.37. The fourth-order valence-electron chi connectivity index (χ4n) is 4.87. The molecule has 2 saturated heterocycles. The van der Waals surface area contributed by atoms with E-state index in [2.05, 4.69) is 16.0 Å². The topological polar surface area (TPSA) is 128 Å². The molecule has 2 aliphatic heterocycles. The maximum absolute atomic E-state index is 13.6. The molecular formula is C27H32N4O5. The molecule has 0 spiro atoms. The van der Waals surface area contributed by atoms with Crippen LogP contribution in [0.3, 0.4) is 0 Å². The van der Waals surface area contributed by atoms with Gasteiger partial charge < -0.3 is 26.0 Å². The summed E-state index contributed by atoms with van der Waals surface area (Å²) in [6.07, 6.45) is 1.67. The molecule has 2 aliphatic rings. The van der Waals surface area contributed by atoms with Crippen molar-refractivity contribution in [3.63, 3.8) is 0 Å². The van der Waals surface area contributed by atoms with Gasteiger partial charge in [0.15, 0.2) is 0 Å². The third kappa shape index (κ3) is 6.28. The molecule has 2 aromatic rings. The van der Waals surface area contributed by atoms with Crippen molar-refractivity contribution < 1.29 is 24.3 Å². The standard InChI is InChI=1S/C27H32N4O5/c32-17-22-25(34)28-20(14-18-8-3-1-4-9-18)16-24(33)29-21(15-19-10-5-2-6-11-19)27(36)31-13-7-12-23(31)26(35)30-22/h1-6,8-11,20-23,32H,7,12-17H2,(H,28,34)(H,29,33)(H,30,35). The SMILES string of the molecule is O=C1CC(Cc2ccccc2)NC(=O)C(CO)NC(=O)C2CCCN2C(=O)C(Cc2ccccc2)N1. The molecule has 0 radical (unpaired) electrons. The van der Waals surface area contributed by atoms with Crippen LogP contribution in [0.2, 0.25) is 0 Å². The van der Waals surface area contributed by atoms with Crippen LogP contribution in [0.1, 0.15) is 30.4 Å². The van der Waals surface area contributed by atoms with Crippen LogP contribution in [0.5, 0.6) is 0 Å². The molecular weight excluding hydrogens is 460 g/mol. The highest BCUT2D eigenvalue weighted by Crippen LogP contribution is 2.20. The Morgan fingerprint density at radius 2 is 1.42 bits per heavy atom. The minimum atomic E-state index is -1.18. The van der Waals surface area contributed by atoms with E-state index in [-0.39, 0.29) is 24.7 Å². The first-order chi connectivity index (χ1) is 17.4. The summed E-state index contributed by atoms with van der Waals surface area (Å²) in [4.78, 5) is 54.3. The lowest BCUT2D eigenvalue weighted by molar-refractivity contribution is -0.142. The third-order valence-electron chi connectivity index (χ3n) is 6.67. The summed E-state index contributed by atoms with van der Waals surface area (Å²) < 4.78 is 0. The van der Waals surface area contributed by atoms with Gasteiger partial charge in [0.25, 0.3) is 0 Å². The van der Waals surface area contributed by atoms with Gasteiger partial charge in [0.1, 0.15) is 18.1 Å². The van der Waals surface area contributed by atoms with Crippen molar-refractivity contribution in [3.8, 4) is 0 Å². The van der Waals surface area contributed by atoms with E-state index in [4.69, 9.17) is 0 Å². The summed E-state index contributed by atoms with van der Waals surface area (Å²) >= 11 is 0. The fourth-order valence-corrected chi connectivity index (χ4v) is 4.87. The van der Waals surface area contributed by atoms with Crippen LogP contribution >= 0.6 is 0 Å². The zero-order valence-electron chi connectivity index (χ0n) is 20.1. The van der Waals surface area contributed by atoms with E-state index in [1.54, 1.807) is 0 Å². The lowest BCUT2D eigenvalue weighted by atomic mass is 10.0. The number of benzene rings is 2. The molecule has 0 saturated carbocycles. The highest BCUT2D eigenvalue weighted by atomic mass is 16.3. The quantitative estimate of drug-likeness (QED) is 0.478. The number of fused-ring (bicyclic) bond motifs is 1. The first kappa shape index (κ1) is 25.4. The number of amides is 4. The molecule has 0 aliphatic carbocycles. The molecule has 0 bridgehead atoms. The smallest absolute Gasteiger partial charge is 0.246 e. The number of aliphatic hydroxyl groups excluding tert-OH is 1. The second-order valence-corrected chi connectivity index (χ2v) is 9.34. The van der Waals surface area contributed by atoms with E-state index in [0.717, 1.165) is 11.1 Å². The lowest BCUT2D eigenvalue weighted by Gasteiger charge is -2.29. The molecule has 36 heavy (non-hydrogen) atoms. The molecule has 4 unspecified atom stereocenters. The highest BCUT2D eigenvalue weighted by Gasteiger charge is 2.39. The number of rotatable bonds is 5. The summed E-state index contributed by atoms with van der Waals surface area (Å²) in [5.41, 5.74) is 1.80. The number of nitrogens with one attached hydrogen (secondary N) is 3. The number of aliphatic hydroxyl groups is 1. The molecule has 190 valence electrons. The minimum absolute atomic E-state index is 0.0608. The number of nitrogens with zero attached hydrogens (tertiary/aromatic N) is 1. The van der Waals surface area contributed by atoms with Crippen LogP contribution in [-0.2, 0) is 32.0 Å².